The maximum atomic E-state index is 12.3. The van der Waals surface area contributed by atoms with Crippen molar-refractivity contribution < 1.29 is 9.90 Å². The summed E-state index contributed by atoms with van der Waals surface area (Å²) in [5, 5.41) is 12.8. The molecule has 3 aliphatic rings. The Morgan fingerprint density at radius 2 is 2.10 bits per heavy atom. The van der Waals surface area contributed by atoms with E-state index in [1.807, 2.05) is 0 Å². The molecule has 3 fully saturated rings. The lowest BCUT2D eigenvalue weighted by molar-refractivity contribution is 0.0893. The molecule has 2 N–H and O–H groups in total. The molecular formula is C16H20N2O2. The summed E-state index contributed by atoms with van der Waals surface area (Å²) in [5.74, 6) is 2.97. The molecule has 0 spiro atoms. The molecule has 20 heavy (non-hydrogen) atoms. The molecule has 4 heteroatoms. The quantitative estimate of drug-likeness (QED) is 0.868. The number of nitrogens with zero attached hydrogens (tertiary/aromatic N) is 1. The number of hydrogen-bond donors (Lipinski definition) is 2. The molecule has 1 aromatic rings. The van der Waals surface area contributed by atoms with E-state index in [1.165, 1.54) is 31.7 Å². The van der Waals surface area contributed by atoms with E-state index < -0.39 is 0 Å². The zero-order valence-corrected chi connectivity index (χ0v) is 11.5. The molecule has 1 aromatic heterocycles. The van der Waals surface area contributed by atoms with Crippen molar-refractivity contribution in [3.8, 4) is 5.75 Å². The molecule has 0 saturated heterocycles. The predicted molar refractivity (Wildman–Crippen MR) is 74.2 cm³/mol. The molecule has 4 nitrogen and oxygen atoms in total. The van der Waals surface area contributed by atoms with E-state index >= 15 is 0 Å². The summed E-state index contributed by atoms with van der Waals surface area (Å²) in [7, 11) is 0. The molecule has 4 rings (SSSR count). The fraction of sp³-hybridized carbons (Fsp3) is 0.625. The van der Waals surface area contributed by atoms with Crippen LogP contribution in [0.3, 0.4) is 0 Å². The number of carbonyl (C=O) groups is 1. The highest BCUT2D eigenvalue weighted by Gasteiger charge is 2.54. The van der Waals surface area contributed by atoms with E-state index in [9.17, 15) is 9.90 Å². The largest absolute Gasteiger partial charge is 0.505 e. The number of pyridine rings is 1. The Balaban J connectivity index is 1.48. The van der Waals surface area contributed by atoms with Gasteiger partial charge in [-0.05, 0) is 61.5 Å². The SMILES string of the molecule is O=C(N[C@H]1CC2CC1[C@@H]1CCC[C@H]21)c1ncccc1O. The Kier molecular flexibility index (Phi) is 2.72. The molecular weight excluding hydrogens is 252 g/mol. The third kappa shape index (κ3) is 1.74. The van der Waals surface area contributed by atoms with Gasteiger partial charge in [0.25, 0.3) is 5.91 Å². The number of nitrogens with one attached hydrogen (secondary N) is 1. The smallest absolute Gasteiger partial charge is 0.273 e. The first kappa shape index (κ1) is 12.2. The Hall–Kier alpha value is -1.58. The molecule has 106 valence electrons. The maximum absolute atomic E-state index is 12.3. The zero-order valence-electron chi connectivity index (χ0n) is 11.5. The third-order valence-electron chi connectivity index (χ3n) is 5.75. The monoisotopic (exact) mass is 272 g/mol. The van der Waals surface area contributed by atoms with Crippen molar-refractivity contribution in [1.82, 2.24) is 10.3 Å². The average molecular weight is 272 g/mol. The van der Waals surface area contributed by atoms with Crippen LogP contribution in [0.1, 0.15) is 42.6 Å². The van der Waals surface area contributed by atoms with Gasteiger partial charge in [0.2, 0.25) is 0 Å². The van der Waals surface area contributed by atoms with Gasteiger partial charge in [-0.3, -0.25) is 4.79 Å². The fourth-order valence-corrected chi connectivity index (χ4v) is 5.04. The second-order valence-corrected chi connectivity index (χ2v) is 6.61. The zero-order chi connectivity index (χ0) is 13.7. The van der Waals surface area contributed by atoms with E-state index in [0.29, 0.717) is 5.92 Å². The van der Waals surface area contributed by atoms with Gasteiger partial charge >= 0.3 is 0 Å². The van der Waals surface area contributed by atoms with E-state index in [2.05, 4.69) is 10.3 Å². The van der Waals surface area contributed by atoms with Crippen LogP contribution in [-0.2, 0) is 0 Å². The summed E-state index contributed by atoms with van der Waals surface area (Å²) >= 11 is 0. The van der Waals surface area contributed by atoms with Gasteiger partial charge in [-0.1, -0.05) is 6.42 Å². The summed E-state index contributed by atoms with van der Waals surface area (Å²) in [6.45, 7) is 0. The highest BCUT2D eigenvalue weighted by molar-refractivity contribution is 5.94. The molecule has 5 atom stereocenters. The van der Waals surface area contributed by atoms with Gasteiger partial charge < -0.3 is 10.4 Å². The summed E-state index contributed by atoms with van der Waals surface area (Å²) in [6.07, 6.45) is 8.05. The maximum Gasteiger partial charge on any atom is 0.273 e. The highest BCUT2D eigenvalue weighted by Crippen LogP contribution is 2.58. The third-order valence-corrected chi connectivity index (χ3v) is 5.75. The number of aromatic hydroxyl groups is 1. The van der Waals surface area contributed by atoms with Crippen LogP contribution < -0.4 is 5.32 Å². The molecule has 3 aliphatic carbocycles. The van der Waals surface area contributed by atoms with Crippen molar-refractivity contribution in [3.63, 3.8) is 0 Å². The lowest BCUT2D eigenvalue weighted by Crippen LogP contribution is -2.42. The van der Waals surface area contributed by atoms with Crippen LogP contribution in [0.2, 0.25) is 0 Å². The molecule has 0 radical (unpaired) electrons. The average Bonchev–Trinajstić information content (AvgIpc) is 3.10. The highest BCUT2D eigenvalue weighted by atomic mass is 16.3. The molecule has 1 amide bonds. The number of amides is 1. The molecule has 1 heterocycles. The van der Waals surface area contributed by atoms with Crippen molar-refractivity contribution in [2.75, 3.05) is 0 Å². The van der Waals surface area contributed by atoms with Crippen molar-refractivity contribution in [2.45, 2.75) is 38.1 Å². The molecule has 2 bridgehead atoms. The van der Waals surface area contributed by atoms with Gasteiger partial charge in [0.05, 0.1) is 0 Å². The number of fused-ring (bicyclic) bond motifs is 5. The minimum atomic E-state index is -0.227. The van der Waals surface area contributed by atoms with E-state index in [4.69, 9.17) is 0 Å². The Morgan fingerprint density at radius 3 is 2.95 bits per heavy atom. The van der Waals surface area contributed by atoms with Crippen LogP contribution in [-0.4, -0.2) is 22.0 Å². The van der Waals surface area contributed by atoms with Crippen LogP contribution in [0.15, 0.2) is 18.3 Å². The summed E-state index contributed by atoms with van der Waals surface area (Å²) in [6, 6.07) is 3.43. The molecule has 2 unspecified atom stereocenters. The van der Waals surface area contributed by atoms with Gasteiger partial charge in [0.15, 0.2) is 5.69 Å². The van der Waals surface area contributed by atoms with Crippen LogP contribution in [0.25, 0.3) is 0 Å². The number of carbonyl (C=O) groups excluding carboxylic acids is 1. The Bertz CT molecular complexity index is 545. The van der Waals surface area contributed by atoms with Gasteiger partial charge in [-0.2, -0.15) is 0 Å². The van der Waals surface area contributed by atoms with Crippen LogP contribution in [0, 0.1) is 23.7 Å². The predicted octanol–water partition coefficient (Wildman–Crippen LogP) is 2.34. The first-order valence-electron chi connectivity index (χ1n) is 7.69. The molecule has 3 saturated carbocycles. The summed E-state index contributed by atoms with van der Waals surface area (Å²) in [5.41, 5.74) is 0.151. The lowest BCUT2D eigenvalue weighted by atomic mass is 9.79. The minimum Gasteiger partial charge on any atom is -0.505 e. The Labute approximate surface area is 118 Å². The lowest BCUT2D eigenvalue weighted by Gasteiger charge is -2.32. The molecule has 0 aromatic carbocycles. The van der Waals surface area contributed by atoms with Crippen LogP contribution in [0.5, 0.6) is 5.75 Å². The summed E-state index contributed by atoms with van der Waals surface area (Å²) in [4.78, 5) is 16.2. The number of aromatic nitrogens is 1. The first-order valence-corrected chi connectivity index (χ1v) is 7.69. The minimum absolute atomic E-state index is 0.0353. The normalized spacial score (nSPS) is 37.9. The van der Waals surface area contributed by atoms with E-state index in [1.54, 1.807) is 12.3 Å². The number of rotatable bonds is 2. The fourth-order valence-electron chi connectivity index (χ4n) is 5.04. The molecule has 0 aliphatic heterocycles. The standard InChI is InChI=1S/C16H20N2O2/c19-14-5-2-6-17-15(14)16(20)18-13-8-9-7-12(13)11-4-1-3-10(9)11/h2,5-6,9-13,19H,1,3-4,7-8H2,(H,18,20)/t9?,10-,11-,12?,13+/m1/s1. The van der Waals surface area contributed by atoms with E-state index in [-0.39, 0.29) is 23.4 Å². The van der Waals surface area contributed by atoms with Crippen molar-refractivity contribution >= 4 is 5.91 Å². The topological polar surface area (TPSA) is 62.2 Å². The second kappa shape index (κ2) is 4.47. The summed E-state index contributed by atoms with van der Waals surface area (Å²) < 4.78 is 0. The van der Waals surface area contributed by atoms with Crippen LogP contribution in [0.4, 0.5) is 0 Å². The van der Waals surface area contributed by atoms with Gasteiger partial charge in [0, 0.05) is 12.2 Å². The van der Waals surface area contributed by atoms with E-state index in [0.717, 1.165) is 24.2 Å². The van der Waals surface area contributed by atoms with Crippen molar-refractivity contribution in [3.05, 3.63) is 24.0 Å². The Morgan fingerprint density at radius 1 is 1.25 bits per heavy atom. The first-order chi connectivity index (χ1) is 9.74. The van der Waals surface area contributed by atoms with Crippen LogP contribution >= 0.6 is 0 Å². The van der Waals surface area contributed by atoms with Crippen molar-refractivity contribution in [1.29, 1.82) is 0 Å². The second-order valence-electron chi connectivity index (χ2n) is 6.61. The van der Waals surface area contributed by atoms with Gasteiger partial charge in [-0.25, -0.2) is 4.98 Å². The number of hydrogen-bond acceptors (Lipinski definition) is 3. The van der Waals surface area contributed by atoms with Crippen molar-refractivity contribution in [2.24, 2.45) is 23.7 Å². The van der Waals surface area contributed by atoms with Gasteiger partial charge in [-0.15, -0.1) is 0 Å². The van der Waals surface area contributed by atoms with Gasteiger partial charge in [0.1, 0.15) is 5.75 Å².